The maximum Gasteiger partial charge on any atom is 0.267 e. The number of para-hydroxylation sites is 1. The lowest BCUT2D eigenvalue weighted by molar-refractivity contribution is -0.112. The van der Waals surface area contributed by atoms with Crippen molar-refractivity contribution in [1.29, 1.82) is 5.26 Å². The van der Waals surface area contributed by atoms with Crippen LogP contribution in [0.3, 0.4) is 0 Å². The molecule has 0 aliphatic carbocycles. The van der Waals surface area contributed by atoms with E-state index >= 15 is 0 Å². The molecule has 2 rings (SSSR count). The molecular formula is C19H25N3O. The quantitative estimate of drug-likeness (QED) is 0.674. The average molecular weight is 311 g/mol. The molecular weight excluding hydrogens is 286 g/mol. The number of likely N-dealkylation sites (tertiary alicyclic amines) is 1. The number of benzene rings is 1. The van der Waals surface area contributed by atoms with Crippen LogP contribution in [0.4, 0.5) is 5.69 Å². The lowest BCUT2D eigenvalue weighted by atomic mass is 10.0. The van der Waals surface area contributed by atoms with Crippen LogP contribution < -0.4 is 5.32 Å². The Kier molecular flexibility index (Phi) is 5.81. The van der Waals surface area contributed by atoms with E-state index in [1.54, 1.807) is 6.20 Å². The third-order valence-electron chi connectivity index (χ3n) is 4.35. The minimum Gasteiger partial charge on any atom is -0.373 e. The third-order valence-corrected chi connectivity index (χ3v) is 4.35. The number of carbonyl (C=O) groups is 1. The normalized spacial score (nSPS) is 18.7. The number of nitriles is 1. The highest BCUT2D eigenvalue weighted by molar-refractivity contribution is 6.06. The molecule has 23 heavy (non-hydrogen) atoms. The summed E-state index contributed by atoms with van der Waals surface area (Å²) in [6.45, 7) is 7.21. The molecule has 0 bridgehead atoms. The molecule has 1 amide bonds. The molecule has 0 aromatic heterocycles. The molecule has 1 aliphatic heterocycles. The van der Waals surface area contributed by atoms with Gasteiger partial charge in [0.25, 0.3) is 5.91 Å². The standard InChI is InChI=1S/C19H25N3O/c1-14(2)17-9-4-5-10-18(17)21-19(23)16(12-20)13-22-11-7-6-8-15(22)3/h4-5,9-10,13-15H,6-8,11H2,1-3H3,(H,21,23)/b16-13-. The second kappa shape index (κ2) is 7.82. The van der Waals surface area contributed by atoms with Crippen LogP contribution in [0.5, 0.6) is 0 Å². The fourth-order valence-electron chi connectivity index (χ4n) is 2.92. The summed E-state index contributed by atoms with van der Waals surface area (Å²) in [5, 5.41) is 12.3. The molecule has 1 heterocycles. The first-order valence-corrected chi connectivity index (χ1v) is 8.31. The summed E-state index contributed by atoms with van der Waals surface area (Å²) in [4.78, 5) is 14.6. The fraction of sp³-hybridized carbons (Fsp3) is 0.474. The second-order valence-corrected chi connectivity index (χ2v) is 6.43. The molecule has 1 unspecified atom stereocenters. The smallest absolute Gasteiger partial charge is 0.267 e. The summed E-state index contributed by atoms with van der Waals surface area (Å²) >= 11 is 0. The van der Waals surface area contributed by atoms with Crippen molar-refractivity contribution in [2.24, 2.45) is 0 Å². The predicted octanol–water partition coefficient (Wildman–Crippen LogP) is 4.03. The van der Waals surface area contributed by atoms with Gasteiger partial charge >= 0.3 is 0 Å². The summed E-state index contributed by atoms with van der Waals surface area (Å²) in [5.41, 5.74) is 2.02. The number of amides is 1. The Morgan fingerprint density at radius 2 is 2.13 bits per heavy atom. The second-order valence-electron chi connectivity index (χ2n) is 6.43. The van der Waals surface area contributed by atoms with E-state index in [2.05, 4.69) is 31.0 Å². The maximum atomic E-state index is 12.5. The van der Waals surface area contributed by atoms with Crippen molar-refractivity contribution >= 4 is 11.6 Å². The van der Waals surface area contributed by atoms with Gasteiger partial charge in [0.05, 0.1) is 0 Å². The van der Waals surface area contributed by atoms with Gasteiger partial charge in [-0.05, 0) is 43.7 Å². The van der Waals surface area contributed by atoms with Crippen LogP contribution in [0, 0.1) is 11.3 Å². The number of nitrogens with one attached hydrogen (secondary N) is 1. The lowest BCUT2D eigenvalue weighted by Gasteiger charge is -2.32. The van der Waals surface area contributed by atoms with Gasteiger partial charge in [-0.25, -0.2) is 0 Å². The van der Waals surface area contributed by atoms with Crippen molar-refractivity contribution in [2.75, 3.05) is 11.9 Å². The van der Waals surface area contributed by atoms with E-state index in [-0.39, 0.29) is 11.5 Å². The summed E-state index contributed by atoms with van der Waals surface area (Å²) in [5.74, 6) is -0.0264. The van der Waals surface area contributed by atoms with E-state index in [1.807, 2.05) is 30.3 Å². The van der Waals surface area contributed by atoms with Crippen molar-refractivity contribution in [3.8, 4) is 6.07 Å². The first-order valence-electron chi connectivity index (χ1n) is 8.31. The van der Waals surface area contributed by atoms with Crippen molar-refractivity contribution in [3.63, 3.8) is 0 Å². The van der Waals surface area contributed by atoms with Gasteiger partial charge in [-0.2, -0.15) is 5.26 Å². The Bertz CT molecular complexity index is 628. The Hall–Kier alpha value is -2.28. The minimum absolute atomic E-state index is 0.164. The molecule has 0 saturated carbocycles. The molecule has 1 aromatic rings. The lowest BCUT2D eigenvalue weighted by Crippen LogP contribution is -2.34. The van der Waals surface area contributed by atoms with E-state index in [4.69, 9.17) is 0 Å². The monoisotopic (exact) mass is 311 g/mol. The van der Waals surface area contributed by atoms with E-state index in [0.29, 0.717) is 12.0 Å². The molecule has 122 valence electrons. The molecule has 1 fully saturated rings. The van der Waals surface area contributed by atoms with Crippen LogP contribution in [0.25, 0.3) is 0 Å². The number of hydrogen-bond donors (Lipinski definition) is 1. The Balaban J connectivity index is 2.16. The SMILES string of the molecule is CC(C)c1ccccc1NC(=O)/C(C#N)=C\N1CCCCC1C. The highest BCUT2D eigenvalue weighted by Crippen LogP contribution is 2.24. The van der Waals surface area contributed by atoms with Crippen LogP contribution in [0.15, 0.2) is 36.0 Å². The average Bonchev–Trinajstić information content (AvgIpc) is 2.54. The van der Waals surface area contributed by atoms with Crippen molar-refractivity contribution in [3.05, 3.63) is 41.6 Å². The fourth-order valence-corrected chi connectivity index (χ4v) is 2.92. The number of piperidine rings is 1. The van der Waals surface area contributed by atoms with Crippen LogP contribution in [-0.2, 0) is 4.79 Å². The van der Waals surface area contributed by atoms with E-state index in [0.717, 1.165) is 30.6 Å². The molecule has 4 heteroatoms. The molecule has 0 radical (unpaired) electrons. The number of anilines is 1. The molecule has 1 N–H and O–H groups in total. The van der Waals surface area contributed by atoms with Crippen LogP contribution >= 0.6 is 0 Å². The Labute approximate surface area is 138 Å². The first kappa shape index (κ1) is 17.1. The van der Waals surface area contributed by atoms with Gasteiger partial charge < -0.3 is 10.2 Å². The van der Waals surface area contributed by atoms with Crippen LogP contribution in [0.2, 0.25) is 0 Å². The molecule has 0 spiro atoms. The topological polar surface area (TPSA) is 56.1 Å². The van der Waals surface area contributed by atoms with E-state index < -0.39 is 0 Å². The van der Waals surface area contributed by atoms with Crippen LogP contribution in [0.1, 0.15) is 51.5 Å². The number of rotatable bonds is 4. The molecule has 1 atom stereocenters. The Morgan fingerprint density at radius 1 is 1.39 bits per heavy atom. The largest absolute Gasteiger partial charge is 0.373 e. The van der Waals surface area contributed by atoms with Crippen molar-refractivity contribution in [1.82, 2.24) is 4.90 Å². The number of carbonyl (C=O) groups excluding carboxylic acids is 1. The van der Waals surface area contributed by atoms with Crippen molar-refractivity contribution in [2.45, 2.75) is 52.0 Å². The van der Waals surface area contributed by atoms with Gasteiger partial charge in [0.2, 0.25) is 0 Å². The number of hydrogen-bond acceptors (Lipinski definition) is 3. The zero-order chi connectivity index (χ0) is 16.8. The minimum atomic E-state index is -0.335. The zero-order valence-corrected chi connectivity index (χ0v) is 14.2. The van der Waals surface area contributed by atoms with Gasteiger partial charge in [0.15, 0.2) is 0 Å². The van der Waals surface area contributed by atoms with E-state index in [9.17, 15) is 10.1 Å². The summed E-state index contributed by atoms with van der Waals surface area (Å²) in [6, 6.07) is 10.2. The van der Waals surface area contributed by atoms with Gasteiger partial charge in [0.1, 0.15) is 11.6 Å². The first-order chi connectivity index (χ1) is 11.0. The van der Waals surface area contributed by atoms with Gasteiger partial charge in [0, 0.05) is 24.5 Å². The van der Waals surface area contributed by atoms with Crippen molar-refractivity contribution < 1.29 is 4.79 Å². The maximum absolute atomic E-state index is 12.5. The summed E-state index contributed by atoms with van der Waals surface area (Å²) in [6.07, 6.45) is 5.14. The summed E-state index contributed by atoms with van der Waals surface area (Å²) < 4.78 is 0. The molecule has 4 nitrogen and oxygen atoms in total. The number of nitrogens with zero attached hydrogens (tertiary/aromatic N) is 2. The Morgan fingerprint density at radius 3 is 2.78 bits per heavy atom. The molecule has 1 aromatic carbocycles. The summed E-state index contributed by atoms with van der Waals surface area (Å²) in [7, 11) is 0. The highest BCUT2D eigenvalue weighted by Gasteiger charge is 2.19. The van der Waals surface area contributed by atoms with Crippen LogP contribution in [-0.4, -0.2) is 23.4 Å². The van der Waals surface area contributed by atoms with Gasteiger partial charge in [-0.1, -0.05) is 32.0 Å². The molecule has 1 saturated heterocycles. The third kappa shape index (κ3) is 4.35. The highest BCUT2D eigenvalue weighted by atomic mass is 16.1. The van der Waals surface area contributed by atoms with Gasteiger partial charge in [-0.15, -0.1) is 0 Å². The predicted molar refractivity (Wildman–Crippen MR) is 92.9 cm³/mol. The zero-order valence-electron chi connectivity index (χ0n) is 14.2. The molecule has 1 aliphatic rings. The van der Waals surface area contributed by atoms with Gasteiger partial charge in [-0.3, -0.25) is 4.79 Å². The van der Waals surface area contributed by atoms with E-state index in [1.165, 1.54) is 6.42 Å².